The number of nitrogens with zero attached hydrogens (tertiary/aromatic N) is 4. The number of aryl methyl sites for hydroxylation is 1. The van der Waals surface area contributed by atoms with Crippen molar-refractivity contribution in [2.45, 2.75) is 37.6 Å². The van der Waals surface area contributed by atoms with E-state index in [9.17, 15) is 4.79 Å². The third-order valence-electron chi connectivity index (χ3n) is 5.31. The van der Waals surface area contributed by atoms with Gasteiger partial charge in [-0.15, -0.1) is 0 Å². The van der Waals surface area contributed by atoms with E-state index in [2.05, 4.69) is 27.4 Å². The number of carbonyl (C=O) groups excluding carboxylic acids is 1. The van der Waals surface area contributed by atoms with Gasteiger partial charge in [-0.3, -0.25) is 0 Å². The highest BCUT2D eigenvalue weighted by atomic mass is 16.5. The van der Waals surface area contributed by atoms with E-state index < -0.39 is 0 Å². The van der Waals surface area contributed by atoms with E-state index in [1.807, 2.05) is 11.8 Å². The van der Waals surface area contributed by atoms with Crippen LogP contribution in [0.2, 0.25) is 0 Å². The van der Waals surface area contributed by atoms with Crippen molar-refractivity contribution < 1.29 is 9.32 Å². The molecule has 1 N–H and O–H groups in total. The first-order valence-corrected chi connectivity index (χ1v) is 8.11. The Labute approximate surface area is 130 Å². The Kier molecular flexibility index (Phi) is 3.14. The molecular formula is C15H23N5O2. The molecule has 0 radical (unpaired) electrons. The number of hydrogen-bond donors (Lipinski definition) is 1. The lowest BCUT2D eigenvalue weighted by Gasteiger charge is -2.39. The highest BCUT2D eigenvalue weighted by molar-refractivity contribution is 5.75. The fraction of sp³-hybridized carbons (Fsp3) is 0.800. The summed E-state index contributed by atoms with van der Waals surface area (Å²) in [5, 5.41) is 7.07. The number of aromatic nitrogens is 2. The largest absolute Gasteiger partial charge is 0.339 e. The molecule has 1 saturated carbocycles. The standard InChI is InChI=1S/C15H23N5O2/c1-10-16-13(22-18-10)15-5-6-19(2)7-11(15)8-20(9-15)14(21)17-12-3-4-12/h11-12H,3-9H2,1-2H3,(H,17,21)/t11-,15-/m0/s1. The van der Waals surface area contributed by atoms with Gasteiger partial charge in [0.2, 0.25) is 5.89 Å². The third kappa shape index (κ3) is 2.27. The summed E-state index contributed by atoms with van der Waals surface area (Å²) in [5.41, 5.74) is -0.172. The molecule has 2 atom stereocenters. The Bertz CT molecular complexity index is 584. The van der Waals surface area contributed by atoms with Gasteiger partial charge in [-0.1, -0.05) is 5.16 Å². The van der Waals surface area contributed by atoms with E-state index in [0.29, 0.717) is 30.2 Å². The number of amides is 2. The molecule has 0 unspecified atom stereocenters. The summed E-state index contributed by atoms with van der Waals surface area (Å²) in [5.74, 6) is 1.74. The molecule has 4 rings (SSSR count). The number of nitrogens with one attached hydrogen (secondary N) is 1. The van der Waals surface area contributed by atoms with Gasteiger partial charge in [0.05, 0.1) is 5.41 Å². The average Bonchev–Trinajstić information content (AvgIpc) is 3.04. The van der Waals surface area contributed by atoms with Gasteiger partial charge >= 0.3 is 6.03 Å². The van der Waals surface area contributed by atoms with Crippen LogP contribution in [0, 0.1) is 12.8 Å². The Morgan fingerprint density at radius 1 is 1.41 bits per heavy atom. The molecule has 3 aliphatic rings. The topological polar surface area (TPSA) is 74.5 Å². The van der Waals surface area contributed by atoms with Crippen molar-refractivity contribution in [3.05, 3.63) is 11.7 Å². The molecule has 1 aromatic rings. The number of urea groups is 1. The van der Waals surface area contributed by atoms with E-state index in [-0.39, 0.29) is 11.4 Å². The number of likely N-dealkylation sites (tertiary alicyclic amines) is 2. The van der Waals surface area contributed by atoms with Crippen LogP contribution >= 0.6 is 0 Å². The molecular weight excluding hydrogens is 282 g/mol. The van der Waals surface area contributed by atoms with Crippen molar-refractivity contribution in [1.29, 1.82) is 0 Å². The van der Waals surface area contributed by atoms with Crippen LogP contribution < -0.4 is 5.32 Å². The van der Waals surface area contributed by atoms with Crippen LogP contribution in [-0.4, -0.2) is 65.2 Å². The molecule has 3 fully saturated rings. The van der Waals surface area contributed by atoms with Crippen molar-refractivity contribution in [2.75, 3.05) is 33.2 Å². The molecule has 0 bridgehead atoms. The number of piperidine rings is 1. The smallest absolute Gasteiger partial charge is 0.317 e. The van der Waals surface area contributed by atoms with Gasteiger partial charge in [-0.05, 0) is 39.8 Å². The maximum absolute atomic E-state index is 12.4. The Balaban J connectivity index is 1.60. The van der Waals surface area contributed by atoms with Gasteiger partial charge in [-0.2, -0.15) is 4.98 Å². The van der Waals surface area contributed by atoms with Crippen LogP contribution in [0.4, 0.5) is 4.79 Å². The van der Waals surface area contributed by atoms with Crippen molar-refractivity contribution in [2.24, 2.45) is 5.92 Å². The normalized spacial score (nSPS) is 32.1. The van der Waals surface area contributed by atoms with Gasteiger partial charge in [0.25, 0.3) is 0 Å². The molecule has 2 saturated heterocycles. The highest BCUT2D eigenvalue weighted by Crippen LogP contribution is 2.44. The lowest BCUT2D eigenvalue weighted by atomic mass is 9.72. The molecule has 1 aliphatic carbocycles. The Morgan fingerprint density at radius 2 is 2.23 bits per heavy atom. The van der Waals surface area contributed by atoms with Crippen LogP contribution in [0.5, 0.6) is 0 Å². The van der Waals surface area contributed by atoms with Crippen LogP contribution in [0.15, 0.2) is 4.52 Å². The fourth-order valence-corrected chi connectivity index (χ4v) is 3.85. The molecule has 2 amide bonds. The van der Waals surface area contributed by atoms with Gasteiger partial charge in [-0.25, -0.2) is 4.79 Å². The van der Waals surface area contributed by atoms with Gasteiger partial charge in [0.15, 0.2) is 5.82 Å². The summed E-state index contributed by atoms with van der Waals surface area (Å²) in [6, 6.07) is 0.453. The average molecular weight is 305 g/mol. The van der Waals surface area contributed by atoms with Crippen LogP contribution in [-0.2, 0) is 5.41 Å². The van der Waals surface area contributed by atoms with Crippen molar-refractivity contribution >= 4 is 6.03 Å². The summed E-state index contributed by atoms with van der Waals surface area (Å²) in [6.45, 7) is 5.26. The Hall–Kier alpha value is -1.63. The highest BCUT2D eigenvalue weighted by Gasteiger charge is 2.54. The maximum atomic E-state index is 12.4. The number of carbonyl (C=O) groups is 1. The summed E-state index contributed by atoms with van der Waals surface area (Å²) in [7, 11) is 2.13. The molecule has 0 spiro atoms. The molecule has 3 heterocycles. The zero-order chi connectivity index (χ0) is 15.3. The predicted octanol–water partition coefficient (Wildman–Crippen LogP) is 0.755. The fourth-order valence-electron chi connectivity index (χ4n) is 3.85. The Morgan fingerprint density at radius 3 is 2.91 bits per heavy atom. The van der Waals surface area contributed by atoms with Crippen LogP contribution in [0.3, 0.4) is 0 Å². The van der Waals surface area contributed by atoms with Crippen molar-refractivity contribution in [3.63, 3.8) is 0 Å². The third-order valence-corrected chi connectivity index (χ3v) is 5.31. The minimum absolute atomic E-state index is 0.0650. The van der Waals surface area contributed by atoms with Crippen molar-refractivity contribution in [3.8, 4) is 0 Å². The summed E-state index contributed by atoms with van der Waals surface area (Å²) < 4.78 is 5.53. The quantitative estimate of drug-likeness (QED) is 0.873. The van der Waals surface area contributed by atoms with E-state index in [1.165, 1.54) is 0 Å². The number of rotatable bonds is 2. The van der Waals surface area contributed by atoms with Crippen LogP contribution in [0.1, 0.15) is 31.0 Å². The predicted molar refractivity (Wildman–Crippen MR) is 79.4 cm³/mol. The minimum atomic E-state index is -0.172. The first-order valence-electron chi connectivity index (χ1n) is 8.11. The van der Waals surface area contributed by atoms with E-state index in [0.717, 1.165) is 38.9 Å². The molecule has 0 aromatic carbocycles. The molecule has 1 aromatic heterocycles. The summed E-state index contributed by atoms with van der Waals surface area (Å²) >= 11 is 0. The lowest BCUT2D eigenvalue weighted by Crippen LogP contribution is -2.48. The molecule has 22 heavy (non-hydrogen) atoms. The minimum Gasteiger partial charge on any atom is -0.339 e. The van der Waals surface area contributed by atoms with E-state index in [1.54, 1.807) is 0 Å². The number of hydrogen-bond acceptors (Lipinski definition) is 5. The van der Waals surface area contributed by atoms with Crippen molar-refractivity contribution in [1.82, 2.24) is 25.3 Å². The first kappa shape index (κ1) is 14.0. The zero-order valence-corrected chi connectivity index (χ0v) is 13.2. The lowest BCUT2D eigenvalue weighted by molar-refractivity contribution is 0.118. The van der Waals surface area contributed by atoms with Gasteiger partial charge in [0.1, 0.15) is 0 Å². The molecule has 7 heteroatoms. The molecule has 120 valence electrons. The van der Waals surface area contributed by atoms with Crippen LogP contribution in [0.25, 0.3) is 0 Å². The van der Waals surface area contributed by atoms with Gasteiger partial charge < -0.3 is 19.6 Å². The molecule has 2 aliphatic heterocycles. The zero-order valence-electron chi connectivity index (χ0n) is 13.2. The molecule has 7 nitrogen and oxygen atoms in total. The first-order chi connectivity index (χ1) is 10.6. The second-order valence-electron chi connectivity index (χ2n) is 7.12. The SMILES string of the molecule is Cc1noc([C@]23CCN(C)C[C@H]2CN(C(=O)NC2CC2)C3)n1. The van der Waals surface area contributed by atoms with E-state index in [4.69, 9.17) is 4.52 Å². The van der Waals surface area contributed by atoms with E-state index >= 15 is 0 Å². The summed E-state index contributed by atoms with van der Waals surface area (Å²) in [4.78, 5) is 21.2. The summed E-state index contributed by atoms with van der Waals surface area (Å²) in [6.07, 6.45) is 3.18. The van der Waals surface area contributed by atoms with Gasteiger partial charge in [0, 0.05) is 31.6 Å². The maximum Gasteiger partial charge on any atom is 0.317 e. The second kappa shape index (κ2) is 4.94. The monoisotopic (exact) mass is 305 g/mol. The number of fused-ring (bicyclic) bond motifs is 1. The second-order valence-corrected chi connectivity index (χ2v) is 7.12.